The van der Waals surface area contributed by atoms with E-state index < -0.39 is 23.6 Å². The quantitative estimate of drug-likeness (QED) is 0.0641. The molecule has 2 heterocycles. The van der Waals surface area contributed by atoms with Crippen molar-refractivity contribution in [2.24, 2.45) is 0 Å². The van der Waals surface area contributed by atoms with E-state index in [4.69, 9.17) is 4.74 Å². The van der Waals surface area contributed by atoms with E-state index >= 15 is 0 Å². The number of nitrogens with zero attached hydrogens (tertiary/aromatic N) is 1. The predicted molar refractivity (Wildman–Crippen MR) is 207 cm³/mol. The summed E-state index contributed by atoms with van der Waals surface area (Å²) in [5.74, 6) is -2.18. The third-order valence-electron chi connectivity index (χ3n) is 8.29. The SMILES string of the molecule is CCOC(=O)c1c(NC(=O)CSc2cccc(NC(=O)/C(=C/c3ccc(F)cc3)NC(=O)c3ccccc3)c2)sc2c1CCN(Cc1ccccc1)C2. The van der Waals surface area contributed by atoms with Crippen LogP contribution in [0.5, 0.6) is 0 Å². The van der Waals surface area contributed by atoms with Gasteiger partial charge < -0.3 is 20.7 Å². The van der Waals surface area contributed by atoms with Crippen LogP contribution in [0.25, 0.3) is 6.08 Å². The second-order valence-corrected chi connectivity index (χ2v) is 14.3. The number of nitrogens with one attached hydrogen (secondary N) is 3. The van der Waals surface area contributed by atoms with Gasteiger partial charge in [0.15, 0.2) is 0 Å². The van der Waals surface area contributed by atoms with Crippen molar-refractivity contribution in [1.82, 2.24) is 10.2 Å². The Morgan fingerprint density at radius 1 is 0.906 bits per heavy atom. The number of halogens is 1. The molecule has 5 aromatic rings. The Morgan fingerprint density at radius 3 is 2.38 bits per heavy atom. The highest BCUT2D eigenvalue weighted by atomic mass is 32.2. The molecule has 270 valence electrons. The van der Waals surface area contributed by atoms with Gasteiger partial charge in [-0.3, -0.25) is 19.3 Å². The fourth-order valence-electron chi connectivity index (χ4n) is 5.78. The largest absolute Gasteiger partial charge is 0.462 e. The van der Waals surface area contributed by atoms with E-state index in [-0.39, 0.29) is 24.0 Å². The number of benzene rings is 4. The molecule has 0 aliphatic carbocycles. The molecule has 3 amide bonds. The van der Waals surface area contributed by atoms with Crippen LogP contribution in [-0.4, -0.2) is 47.5 Å². The summed E-state index contributed by atoms with van der Waals surface area (Å²) in [4.78, 5) is 56.9. The zero-order chi connectivity index (χ0) is 37.2. The van der Waals surface area contributed by atoms with Crippen molar-refractivity contribution in [2.45, 2.75) is 31.3 Å². The van der Waals surface area contributed by atoms with Gasteiger partial charge >= 0.3 is 5.97 Å². The summed E-state index contributed by atoms with van der Waals surface area (Å²) in [5, 5.41) is 8.93. The van der Waals surface area contributed by atoms with Gasteiger partial charge in [0.2, 0.25) is 5.91 Å². The molecule has 0 unspecified atom stereocenters. The van der Waals surface area contributed by atoms with Crippen LogP contribution in [0, 0.1) is 5.82 Å². The Kier molecular flexibility index (Phi) is 12.5. The molecule has 0 fully saturated rings. The average molecular weight is 749 g/mol. The summed E-state index contributed by atoms with van der Waals surface area (Å²) in [6, 6.07) is 31.2. The lowest BCUT2D eigenvalue weighted by Gasteiger charge is -2.27. The number of thioether (sulfide) groups is 1. The van der Waals surface area contributed by atoms with Gasteiger partial charge in [-0.2, -0.15) is 0 Å². The molecule has 0 atom stereocenters. The van der Waals surface area contributed by atoms with E-state index in [1.807, 2.05) is 24.3 Å². The third-order valence-corrected chi connectivity index (χ3v) is 10.4. The third kappa shape index (κ3) is 10.1. The van der Waals surface area contributed by atoms with Gasteiger partial charge in [0.1, 0.15) is 16.5 Å². The Labute approximate surface area is 315 Å². The van der Waals surface area contributed by atoms with Gasteiger partial charge in [0.05, 0.1) is 17.9 Å². The van der Waals surface area contributed by atoms with Crippen molar-refractivity contribution in [3.63, 3.8) is 0 Å². The highest BCUT2D eigenvalue weighted by molar-refractivity contribution is 8.00. The second-order valence-electron chi connectivity index (χ2n) is 12.1. The minimum atomic E-state index is -0.589. The van der Waals surface area contributed by atoms with Crippen LogP contribution in [-0.2, 0) is 33.8 Å². The molecule has 1 aromatic heterocycles. The maximum absolute atomic E-state index is 13.5. The van der Waals surface area contributed by atoms with Gasteiger partial charge in [0, 0.05) is 40.7 Å². The van der Waals surface area contributed by atoms with Crippen LogP contribution < -0.4 is 16.0 Å². The first kappa shape index (κ1) is 37.2. The lowest BCUT2D eigenvalue weighted by molar-refractivity contribution is -0.114. The van der Waals surface area contributed by atoms with E-state index in [0.29, 0.717) is 45.2 Å². The highest BCUT2D eigenvalue weighted by Crippen LogP contribution is 2.38. The first-order valence-electron chi connectivity index (χ1n) is 17.0. The van der Waals surface area contributed by atoms with Crippen molar-refractivity contribution < 1.29 is 28.3 Å². The van der Waals surface area contributed by atoms with E-state index in [9.17, 15) is 23.6 Å². The van der Waals surface area contributed by atoms with Crippen molar-refractivity contribution in [1.29, 1.82) is 0 Å². The number of ether oxygens (including phenoxy) is 1. The first-order valence-corrected chi connectivity index (χ1v) is 18.8. The fourth-order valence-corrected chi connectivity index (χ4v) is 7.83. The number of rotatable bonds is 13. The number of carbonyl (C=O) groups excluding carboxylic acids is 4. The molecule has 53 heavy (non-hydrogen) atoms. The molecular formula is C41H37FN4O5S2. The smallest absolute Gasteiger partial charge is 0.341 e. The summed E-state index contributed by atoms with van der Waals surface area (Å²) in [5.41, 5.74) is 3.85. The van der Waals surface area contributed by atoms with E-state index in [1.54, 1.807) is 55.5 Å². The Bertz CT molecular complexity index is 2120. The fraction of sp³-hybridized carbons (Fsp3) is 0.171. The molecule has 0 saturated carbocycles. The summed E-state index contributed by atoms with van der Waals surface area (Å²) in [6.45, 7) is 4.22. The van der Waals surface area contributed by atoms with Crippen LogP contribution in [0.1, 0.15) is 49.2 Å². The van der Waals surface area contributed by atoms with Crippen LogP contribution >= 0.6 is 23.1 Å². The summed E-state index contributed by atoms with van der Waals surface area (Å²) in [6.07, 6.45) is 2.14. The minimum Gasteiger partial charge on any atom is -0.462 e. The molecular weight excluding hydrogens is 712 g/mol. The number of amides is 3. The molecule has 0 saturated heterocycles. The van der Waals surface area contributed by atoms with Crippen molar-refractivity contribution >= 4 is 63.6 Å². The standard InChI is InChI=1S/C41H37FN4O5S2/c1-2-51-41(50)37-33-20-21-46(24-28-10-5-3-6-11-28)25-35(33)53-40(37)45-36(47)26-52-32-15-9-14-31(23-32)43-39(49)34(22-27-16-18-30(42)19-17-27)44-38(48)29-12-7-4-8-13-29/h3-19,22-23H,2,20-21,24-26H2,1H3,(H,43,49)(H,44,48)(H,45,47)/b34-22-. The molecule has 1 aliphatic heterocycles. The van der Waals surface area contributed by atoms with Gasteiger partial charge in [-0.15, -0.1) is 23.1 Å². The van der Waals surface area contributed by atoms with E-state index in [1.165, 1.54) is 59.0 Å². The van der Waals surface area contributed by atoms with Crippen molar-refractivity contribution in [3.05, 3.63) is 153 Å². The number of fused-ring (bicyclic) bond motifs is 1. The average Bonchev–Trinajstić information content (AvgIpc) is 3.52. The number of thiophene rings is 1. The van der Waals surface area contributed by atoms with E-state index in [2.05, 4.69) is 33.0 Å². The summed E-state index contributed by atoms with van der Waals surface area (Å²) < 4.78 is 18.9. The number of anilines is 2. The van der Waals surface area contributed by atoms with Gasteiger partial charge in [-0.05, 0) is 78.6 Å². The predicted octanol–water partition coefficient (Wildman–Crippen LogP) is 7.76. The summed E-state index contributed by atoms with van der Waals surface area (Å²) in [7, 11) is 0. The number of hydrogen-bond donors (Lipinski definition) is 3. The molecule has 0 spiro atoms. The van der Waals surface area contributed by atoms with Crippen molar-refractivity contribution in [2.75, 3.05) is 29.5 Å². The Morgan fingerprint density at radius 2 is 1.64 bits per heavy atom. The van der Waals surface area contributed by atoms with Crippen LogP contribution in [0.4, 0.5) is 15.1 Å². The molecule has 3 N–H and O–H groups in total. The maximum atomic E-state index is 13.5. The van der Waals surface area contributed by atoms with Crippen LogP contribution in [0.3, 0.4) is 0 Å². The summed E-state index contributed by atoms with van der Waals surface area (Å²) >= 11 is 2.68. The van der Waals surface area contributed by atoms with Gasteiger partial charge in [-0.1, -0.05) is 66.7 Å². The second kappa shape index (κ2) is 17.8. The molecule has 1 aliphatic rings. The molecule has 12 heteroatoms. The molecule has 0 bridgehead atoms. The van der Waals surface area contributed by atoms with Crippen LogP contribution in [0.2, 0.25) is 0 Å². The molecule has 9 nitrogen and oxygen atoms in total. The number of hydrogen-bond acceptors (Lipinski definition) is 8. The normalized spacial score (nSPS) is 12.8. The van der Waals surface area contributed by atoms with Crippen LogP contribution in [0.15, 0.2) is 120 Å². The molecule has 6 rings (SSSR count). The lowest BCUT2D eigenvalue weighted by atomic mass is 10.0. The highest BCUT2D eigenvalue weighted by Gasteiger charge is 2.29. The zero-order valence-electron chi connectivity index (χ0n) is 28.9. The lowest BCUT2D eigenvalue weighted by Crippen LogP contribution is -2.30. The first-order chi connectivity index (χ1) is 25.7. The Hall–Kier alpha value is -5.56. The Balaban J connectivity index is 1.11. The van der Waals surface area contributed by atoms with Gasteiger partial charge in [0.25, 0.3) is 11.8 Å². The topological polar surface area (TPSA) is 117 Å². The zero-order valence-corrected chi connectivity index (χ0v) is 30.5. The number of carbonyl (C=O) groups is 4. The van der Waals surface area contributed by atoms with Crippen molar-refractivity contribution in [3.8, 4) is 0 Å². The molecule has 0 radical (unpaired) electrons. The minimum absolute atomic E-state index is 0.0397. The monoisotopic (exact) mass is 748 g/mol. The van der Waals surface area contributed by atoms with Gasteiger partial charge in [-0.25, -0.2) is 9.18 Å². The number of esters is 1. The molecule has 4 aromatic carbocycles. The van der Waals surface area contributed by atoms with E-state index in [0.717, 1.165) is 23.5 Å². The maximum Gasteiger partial charge on any atom is 0.341 e.